The summed E-state index contributed by atoms with van der Waals surface area (Å²) < 4.78 is 24.3. The number of benzene rings is 2. The summed E-state index contributed by atoms with van der Waals surface area (Å²) in [5.41, 5.74) is 2.07. The van der Waals surface area contributed by atoms with Crippen LogP contribution in [0.2, 0.25) is 0 Å². The third-order valence-electron chi connectivity index (χ3n) is 4.94. The molecule has 3 aromatic rings. The highest BCUT2D eigenvalue weighted by Crippen LogP contribution is 2.20. The molecule has 0 atom stereocenters. The van der Waals surface area contributed by atoms with Crippen LogP contribution in [0.15, 0.2) is 58.2 Å². The lowest BCUT2D eigenvalue weighted by Crippen LogP contribution is -2.49. The van der Waals surface area contributed by atoms with E-state index in [4.69, 9.17) is 9.15 Å². The minimum atomic E-state index is -0.250. The van der Waals surface area contributed by atoms with Crippen LogP contribution in [0.25, 0.3) is 0 Å². The lowest BCUT2D eigenvalue weighted by Gasteiger charge is -2.36. The Morgan fingerprint density at radius 3 is 2.65 bits per heavy atom. The van der Waals surface area contributed by atoms with Crippen molar-refractivity contribution in [3.8, 4) is 5.75 Å². The number of thioether (sulfide) groups is 1. The van der Waals surface area contributed by atoms with Crippen molar-refractivity contribution >= 4 is 23.4 Å². The van der Waals surface area contributed by atoms with E-state index < -0.39 is 0 Å². The van der Waals surface area contributed by atoms with Crippen molar-refractivity contribution in [3.05, 3.63) is 65.8 Å². The van der Waals surface area contributed by atoms with Crippen LogP contribution in [0.5, 0.6) is 5.75 Å². The summed E-state index contributed by atoms with van der Waals surface area (Å²) in [6.45, 7) is 4.84. The second-order valence-corrected chi connectivity index (χ2v) is 8.13. The number of halogens is 1. The van der Waals surface area contributed by atoms with Crippen LogP contribution in [0.4, 0.5) is 10.1 Å². The molecule has 0 spiro atoms. The van der Waals surface area contributed by atoms with Gasteiger partial charge in [0.2, 0.25) is 5.91 Å². The van der Waals surface area contributed by atoms with Crippen LogP contribution in [0.3, 0.4) is 0 Å². The quantitative estimate of drug-likeness (QED) is 0.518. The van der Waals surface area contributed by atoms with E-state index in [1.807, 2.05) is 36.1 Å². The highest BCUT2D eigenvalue weighted by molar-refractivity contribution is 7.99. The number of aryl methyl sites for hydroxylation is 1. The first-order chi connectivity index (χ1) is 15.1. The zero-order chi connectivity index (χ0) is 21.6. The second kappa shape index (κ2) is 9.82. The number of anilines is 1. The van der Waals surface area contributed by atoms with Crippen molar-refractivity contribution in [2.75, 3.05) is 36.8 Å². The first-order valence-corrected chi connectivity index (χ1v) is 11.0. The largest absolute Gasteiger partial charge is 0.484 e. The molecule has 0 N–H and O–H groups in total. The van der Waals surface area contributed by atoms with Crippen LogP contribution in [-0.2, 0) is 11.4 Å². The van der Waals surface area contributed by atoms with Gasteiger partial charge in [0.15, 0.2) is 6.61 Å². The number of ether oxygens (including phenoxy) is 1. The van der Waals surface area contributed by atoms with Gasteiger partial charge in [-0.2, -0.15) is 0 Å². The van der Waals surface area contributed by atoms with E-state index in [0.717, 1.165) is 17.0 Å². The van der Waals surface area contributed by atoms with Gasteiger partial charge in [0.25, 0.3) is 11.1 Å². The lowest BCUT2D eigenvalue weighted by molar-refractivity contribution is -0.128. The zero-order valence-corrected chi connectivity index (χ0v) is 18.0. The second-order valence-electron chi connectivity index (χ2n) is 7.20. The molecule has 162 valence electrons. The first-order valence-electron chi connectivity index (χ1n) is 10.00. The molecule has 2 aromatic carbocycles. The standard InChI is InChI=1S/C22H23FN4O3S/c1-16-3-2-4-19(13-16)29-14-20-24-25-22(30-20)31-15-21(28)27-11-9-26(10-12-27)18-7-5-17(23)6-8-18/h2-8,13H,9-12,14-15H2,1H3. The molecule has 7 nitrogen and oxygen atoms in total. The molecule has 1 fully saturated rings. The van der Waals surface area contributed by atoms with Crippen molar-refractivity contribution in [3.63, 3.8) is 0 Å². The summed E-state index contributed by atoms with van der Waals surface area (Å²) in [6.07, 6.45) is 0. The molecule has 9 heteroatoms. The van der Waals surface area contributed by atoms with Gasteiger partial charge in [-0.25, -0.2) is 4.39 Å². The SMILES string of the molecule is Cc1cccc(OCc2nnc(SCC(=O)N3CCN(c4ccc(F)cc4)CC3)o2)c1. The molecule has 0 bridgehead atoms. The number of aromatic nitrogens is 2. The van der Waals surface area contributed by atoms with Gasteiger partial charge >= 0.3 is 0 Å². The third-order valence-corrected chi connectivity index (χ3v) is 5.75. The Balaban J connectivity index is 1.21. The minimum Gasteiger partial charge on any atom is -0.484 e. The Bertz CT molecular complexity index is 1020. The van der Waals surface area contributed by atoms with Gasteiger partial charge in [0.1, 0.15) is 11.6 Å². The summed E-state index contributed by atoms with van der Waals surface area (Å²) in [4.78, 5) is 16.5. The van der Waals surface area contributed by atoms with Crippen molar-refractivity contribution in [1.82, 2.24) is 15.1 Å². The number of carbonyl (C=O) groups excluding carboxylic acids is 1. The van der Waals surface area contributed by atoms with Crippen LogP contribution >= 0.6 is 11.8 Å². The minimum absolute atomic E-state index is 0.0273. The highest BCUT2D eigenvalue weighted by atomic mass is 32.2. The Hall–Kier alpha value is -3.07. The van der Waals surface area contributed by atoms with E-state index in [-0.39, 0.29) is 24.1 Å². The van der Waals surface area contributed by atoms with Crippen molar-refractivity contribution in [2.24, 2.45) is 0 Å². The normalized spacial score (nSPS) is 14.0. The molecule has 1 amide bonds. The molecule has 1 saturated heterocycles. The maximum atomic E-state index is 13.1. The average molecular weight is 443 g/mol. The first kappa shape index (κ1) is 21.2. The Kier molecular flexibility index (Phi) is 6.71. The molecule has 4 rings (SSSR count). The van der Waals surface area contributed by atoms with Gasteiger partial charge in [-0.05, 0) is 48.9 Å². The average Bonchev–Trinajstić information content (AvgIpc) is 3.25. The van der Waals surface area contributed by atoms with E-state index in [2.05, 4.69) is 15.1 Å². The van der Waals surface area contributed by atoms with E-state index >= 15 is 0 Å². The number of hydrogen-bond donors (Lipinski definition) is 0. The molecule has 0 radical (unpaired) electrons. The van der Waals surface area contributed by atoms with Crippen LogP contribution < -0.4 is 9.64 Å². The number of carbonyl (C=O) groups is 1. The molecule has 31 heavy (non-hydrogen) atoms. The number of nitrogens with zero attached hydrogens (tertiary/aromatic N) is 4. The maximum absolute atomic E-state index is 13.1. The lowest BCUT2D eigenvalue weighted by atomic mass is 10.2. The topological polar surface area (TPSA) is 71.7 Å². The van der Waals surface area contributed by atoms with E-state index in [1.54, 1.807) is 12.1 Å². The number of piperazine rings is 1. The zero-order valence-electron chi connectivity index (χ0n) is 17.2. The van der Waals surface area contributed by atoms with E-state index in [9.17, 15) is 9.18 Å². The Morgan fingerprint density at radius 1 is 1.13 bits per heavy atom. The molecular weight excluding hydrogens is 419 g/mol. The fourth-order valence-corrected chi connectivity index (χ4v) is 3.97. The highest BCUT2D eigenvalue weighted by Gasteiger charge is 2.22. The predicted molar refractivity (Wildman–Crippen MR) is 116 cm³/mol. The monoisotopic (exact) mass is 442 g/mol. The smallest absolute Gasteiger partial charge is 0.277 e. The third kappa shape index (κ3) is 5.75. The van der Waals surface area contributed by atoms with Gasteiger partial charge in [-0.15, -0.1) is 10.2 Å². The number of amides is 1. The molecular formula is C22H23FN4O3S. The maximum Gasteiger partial charge on any atom is 0.277 e. The van der Waals surface area contributed by atoms with E-state index in [1.165, 1.54) is 23.9 Å². The van der Waals surface area contributed by atoms with Gasteiger partial charge in [-0.3, -0.25) is 4.79 Å². The predicted octanol–water partition coefficient (Wildman–Crippen LogP) is 3.54. The van der Waals surface area contributed by atoms with Crippen molar-refractivity contribution < 1.29 is 18.3 Å². The summed E-state index contributed by atoms with van der Waals surface area (Å²) in [6, 6.07) is 14.1. The van der Waals surface area contributed by atoms with Gasteiger partial charge in [0, 0.05) is 31.9 Å². The Morgan fingerprint density at radius 2 is 1.90 bits per heavy atom. The number of rotatable bonds is 7. The van der Waals surface area contributed by atoms with Crippen LogP contribution in [0, 0.1) is 12.7 Å². The van der Waals surface area contributed by atoms with Gasteiger partial charge < -0.3 is 19.0 Å². The van der Waals surface area contributed by atoms with Crippen molar-refractivity contribution in [1.29, 1.82) is 0 Å². The molecule has 1 aliphatic heterocycles. The summed E-state index contributed by atoms with van der Waals surface area (Å²) in [5, 5.41) is 8.30. The molecule has 2 heterocycles. The molecule has 0 saturated carbocycles. The molecule has 0 aliphatic carbocycles. The fraction of sp³-hybridized carbons (Fsp3) is 0.318. The summed E-state index contributed by atoms with van der Waals surface area (Å²) >= 11 is 1.22. The molecule has 1 aromatic heterocycles. The Labute approximate surface area is 184 Å². The van der Waals surface area contributed by atoms with Crippen molar-refractivity contribution in [2.45, 2.75) is 18.8 Å². The summed E-state index contributed by atoms with van der Waals surface area (Å²) in [5.74, 6) is 1.11. The van der Waals surface area contributed by atoms with Crippen LogP contribution in [-0.4, -0.2) is 52.9 Å². The summed E-state index contributed by atoms with van der Waals surface area (Å²) in [7, 11) is 0. The molecule has 1 aliphatic rings. The van der Waals surface area contributed by atoms with Crippen LogP contribution in [0.1, 0.15) is 11.5 Å². The molecule has 0 unspecified atom stereocenters. The fourth-order valence-electron chi connectivity index (χ4n) is 3.29. The van der Waals surface area contributed by atoms with E-state index in [0.29, 0.717) is 37.3 Å². The van der Waals surface area contributed by atoms with Gasteiger partial charge in [-0.1, -0.05) is 23.9 Å². The number of hydrogen-bond acceptors (Lipinski definition) is 7. The van der Waals surface area contributed by atoms with Gasteiger partial charge in [0.05, 0.1) is 5.75 Å².